The Hall–Kier alpha value is -2.28. The Labute approximate surface area is 147 Å². The lowest BCUT2D eigenvalue weighted by molar-refractivity contribution is -0.137. The van der Waals surface area contributed by atoms with Crippen molar-refractivity contribution in [1.29, 1.82) is 0 Å². The predicted octanol–water partition coefficient (Wildman–Crippen LogP) is 3.74. The number of ether oxygens (including phenoxy) is 1. The highest BCUT2D eigenvalue weighted by Crippen LogP contribution is 2.20. The molecule has 0 saturated carbocycles. The summed E-state index contributed by atoms with van der Waals surface area (Å²) < 4.78 is 11.3. The SMILES string of the molecule is O=C(O)CCC(Cc1occc1Br)NC(=O)OCc1ccccc1. The van der Waals surface area contributed by atoms with Gasteiger partial charge in [0, 0.05) is 18.9 Å². The first-order valence-corrected chi connectivity index (χ1v) is 8.24. The highest BCUT2D eigenvalue weighted by atomic mass is 79.9. The smallest absolute Gasteiger partial charge is 0.407 e. The summed E-state index contributed by atoms with van der Waals surface area (Å²) >= 11 is 3.35. The van der Waals surface area contributed by atoms with Gasteiger partial charge in [-0.25, -0.2) is 4.79 Å². The Morgan fingerprint density at radius 2 is 2.00 bits per heavy atom. The second kappa shape index (κ2) is 9.12. The van der Waals surface area contributed by atoms with Crippen molar-refractivity contribution in [2.75, 3.05) is 0 Å². The maximum Gasteiger partial charge on any atom is 0.407 e. The Morgan fingerprint density at radius 3 is 2.62 bits per heavy atom. The lowest BCUT2D eigenvalue weighted by Crippen LogP contribution is -2.37. The zero-order chi connectivity index (χ0) is 17.4. The molecule has 0 bridgehead atoms. The van der Waals surface area contributed by atoms with Crippen molar-refractivity contribution in [2.45, 2.75) is 31.9 Å². The number of rotatable bonds is 8. The normalized spacial score (nSPS) is 11.7. The van der Waals surface area contributed by atoms with Crippen LogP contribution in [0.25, 0.3) is 0 Å². The van der Waals surface area contributed by atoms with Crippen LogP contribution in [0.5, 0.6) is 0 Å². The van der Waals surface area contributed by atoms with Gasteiger partial charge < -0.3 is 19.6 Å². The third-order valence-electron chi connectivity index (χ3n) is 3.36. The van der Waals surface area contributed by atoms with E-state index in [-0.39, 0.29) is 19.4 Å². The molecule has 0 fully saturated rings. The molecule has 2 rings (SSSR count). The minimum Gasteiger partial charge on any atom is -0.481 e. The van der Waals surface area contributed by atoms with E-state index in [4.69, 9.17) is 14.3 Å². The van der Waals surface area contributed by atoms with Crippen LogP contribution in [-0.2, 0) is 22.6 Å². The van der Waals surface area contributed by atoms with Gasteiger partial charge in [0.05, 0.1) is 10.7 Å². The molecule has 1 amide bonds. The molecule has 1 aromatic heterocycles. The molecule has 0 radical (unpaired) electrons. The number of nitrogens with one attached hydrogen (secondary N) is 1. The third-order valence-corrected chi connectivity index (χ3v) is 4.07. The first-order valence-electron chi connectivity index (χ1n) is 7.45. The van der Waals surface area contributed by atoms with E-state index in [1.807, 2.05) is 30.3 Å². The van der Waals surface area contributed by atoms with Crippen molar-refractivity contribution in [3.05, 3.63) is 58.5 Å². The molecule has 0 aliphatic rings. The summed E-state index contributed by atoms with van der Waals surface area (Å²) in [5, 5.41) is 11.6. The number of halogens is 1. The van der Waals surface area contributed by atoms with Crippen LogP contribution < -0.4 is 5.32 Å². The molecule has 6 nitrogen and oxygen atoms in total. The van der Waals surface area contributed by atoms with Gasteiger partial charge in [-0.2, -0.15) is 0 Å². The first-order chi connectivity index (χ1) is 11.5. The van der Waals surface area contributed by atoms with Crippen LogP contribution in [0.4, 0.5) is 4.79 Å². The molecule has 0 aliphatic heterocycles. The van der Waals surface area contributed by atoms with E-state index in [0.717, 1.165) is 10.0 Å². The molecular formula is C17H18BrNO5. The Kier molecular flexibility index (Phi) is 6.87. The Balaban J connectivity index is 1.89. The van der Waals surface area contributed by atoms with Crippen LogP contribution in [0.1, 0.15) is 24.2 Å². The highest BCUT2D eigenvalue weighted by Gasteiger charge is 2.18. The minimum atomic E-state index is -0.919. The molecule has 0 spiro atoms. The quantitative estimate of drug-likeness (QED) is 0.710. The van der Waals surface area contributed by atoms with E-state index in [9.17, 15) is 9.59 Å². The second-order valence-corrected chi connectivity index (χ2v) is 6.09. The molecule has 0 saturated heterocycles. The maximum absolute atomic E-state index is 12.0. The molecule has 24 heavy (non-hydrogen) atoms. The van der Waals surface area contributed by atoms with Gasteiger partial charge in [-0.05, 0) is 34.0 Å². The Bertz CT molecular complexity index is 671. The number of amides is 1. The van der Waals surface area contributed by atoms with Gasteiger partial charge in [0.1, 0.15) is 12.4 Å². The van der Waals surface area contributed by atoms with Gasteiger partial charge in [0.15, 0.2) is 0 Å². The first kappa shape index (κ1) is 18.1. The van der Waals surface area contributed by atoms with Crippen molar-refractivity contribution >= 4 is 28.0 Å². The summed E-state index contributed by atoms with van der Waals surface area (Å²) in [6.07, 6.45) is 1.55. The zero-order valence-corrected chi connectivity index (χ0v) is 14.5. The average molecular weight is 396 g/mol. The fraction of sp³-hybridized carbons (Fsp3) is 0.294. The molecule has 7 heteroatoms. The summed E-state index contributed by atoms with van der Waals surface area (Å²) in [6, 6.07) is 10.7. The van der Waals surface area contributed by atoms with Gasteiger partial charge in [0.2, 0.25) is 0 Å². The van der Waals surface area contributed by atoms with Crippen molar-refractivity contribution in [2.24, 2.45) is 0 Å². The van der Waals surface area contributed by atoms with Gasteiger partial charge in [-0.1, -0.05) is 30.3 Å². The van der Waals surface area contributed by atoms with Gasteiger partial charge in [0.25, 0.3) is 0 Å². The number of benzene rings is 1. The molecule has 0 aliphatic carbocycles. The van der Waals surface area contributed by atoms with E-state index < -0.39 is 18.1 Å². The van der Waals surface area contributed by atoms with Crippen molar-refractivity contribution in [3.8, 4) is 0 Å². The van der Waals surface area contributed by atoms with E-state index in [0.29, 0.717) is 12.2 Å². The number of hydrogen-bond acceptors (Lipinski definition) is 4. The minimum absolute atomic E-state index is 0.0536. The van der Waals surface area contributed by atoms with Crippen LogP contribution in [0.15, 0.2) is 51.6 Å². The number of carboxylic acids is 1. The van der Waals surface area contributed by atoms with Crippen molar-refractivity contribution in [3.63, 3.8) is 0 Å². The molecule has 1 unspecified atom stereocenters. The zero-order valence-electron chi connectivity index (χ0n) is 12.9. The van der Waals surface area contributed by atoms with E-state index >= 15 is 0 Å². The molecule has 2 N–H and O–H groups in total. The lowest BCUT2D eigenvalue weighted by Gasteiger charge is -2.17. The summed E-state index contributed by atoms with van der Waals surface area (Å²) in [5.41, 5.74) is 0.878. The van der Waals surface area contributed by atoms with Crippen molar-refractivity contribution in [1.82, 2.24) is 5.32 Å². The highest BCUT2D eigenvalue weighted by molar-refractivity contribution is 9.10. The maximum atomic E-state index is 12.0. The second-order valence-electron chi connectivity index (χ2n) is 5.23. The summed E-state index contributed by atoms with van der Waals surface area (Å²) in [7, 11) is 0. The van der Waals surface area contributed by atoms with Gasteiger partial charge in [-0.3, -0.25) is 4.79 Å². The third kappa shape index (κ3) is 6.08. The van der Waals surface area contributed by atoms with E-state index in [1.54, 1.807) is 6.07 Å². The largest absolute Gasteiger partial charge is 0.481 e. The summed E-state index contributed by atoms with van der Waals surface area (Å²) in [6.45, 7) is 0.156. The molecule has 128 valence electrons. The number of furan rings is 1. The van der Waals surface area contributed by atoms with Crippen molar-refractivity contribution < 1.29 is 23.8 Å². The number of hydrogen-bond donors (Lipinski definition) is 2. The predicted molar refractivity (Wildman–Crippen MR) is 90.5 cm³/mol. The Morgan fingerprint density at radius 1 is 1.25 bits per heavy atom. The van der Waals surface area contributed by atoms with E-state index in [1.165, 1.54) is 6.26 Å². The van der Waals surface area contributed by atoms with Gasteiger partial charge in [-0.15, -0.1) is 0 Å². The van der Waals surface area contributed by atoms with E-state index in [2.05, 4.69) is 21.2 Å². The molecular weight excluding hydrogens is 378 g/mol. The molecule has 2 aromatic rings. The average Bonchev–Trinajstić information content (AvgIpc) is 2.96. The number of carbonyl (C=O) groups is 2. The number of carboxylic acid groups (broad SMARTS) is 1. The molecule has 1 aromatic carbocycles. The summed E-state index contributed by atoms with van der Waals surface area (Å²) in [4.78, 5) is 22.8. The van der Waals surface area contributed by atoms with Crippen LogP contribution in [0, 0.1) is 0 Å². The van der Waals surface area contributed by atoms with Crippen LogP contribution in [0.2, 0.25) is 0 Å². The topological polar surface area (TPSA) is 88.8 Å². The summed E-state index contributed by atoms with van der Waals surface area (Å²) in [5.74, 6) is -0.272. The molecule has 1 atom stereocenters. The molecule has 1 heterocycles. The van der Waals surface area contributed by atoms with Crippen LogP contribution in [-0.4, -0.2) is 23.2 Å². The fourth-order valence-corrected chi connectivity index (χ4v) is 2.51. The fourth-order valence-electron chi connectivity index (χ4n) is 2.15. The monoisotopic (exact) mass is 395 g/mol. The number of alkyl carbamates (subject to hydrolysis) is 1. The lowest BCUT2D eigenvalue weighted by atomic mass is 10.1. The van der Waals surface area contributed by atoms with Crippen LogP contribution in [0.3, 0.4) is 0 Å². The van der Waals surface area contributed by atoms with Crippen LogP contribution >= 0.6 is 15.9 Å². The number of aliphatic carboxylic acids is 1. The number of carbonyl (C=O) groups excluding carboxylic acids is 1. The standard InChI is InChI=1S/C17H18BrNO5/c18-14-8-9-23-15(14)10-13(6-7-16(20)21)19-17(22)24-11-12-4-2-1-3-5-12/h1-5,8-9,13H,6-7,10-11H2,(H,19,22)(H,20,21). The van der Waals surface area contributed by atoms with Gasteiger partial charge >= 0.3 is 12.1 Å².